The Morgan fingerprint density at radius 1 is 1.10 bits per heavy atom. The molecule has 2 heterocycles. The molecule has 21 heavy (non-hydrogen) atoms. The molecule has 1 aromatic carbocycles. The second-order valence-corrected chi connectivity index (χ2v) is 5.05. The Labute approximate surface area is 124 Å². The lowest BCUT2D eigenvalue weighted by atomic mass is 9.98. The van der Waals surface area contributed by atoms with Crippen molar-refractivity contribution in [2.24, 2.45) is 0 Å². The van der Waals surface area contributed by atoms with Crippen LogP contribution < -0.4 is 11.1 Å². The van der Waals surface area contributed by atoms with Crippen LogP contribution in [0.1, 0.15) is 17.2 Å². The third-order valence-electron chi connectivity index (χ3n) is 3.73. The normalized spacial score (nSPS) is 12.4. The van der Waals surface area contributed by atoms with E-state index in [0.29, 0.717) is 5.82 Å². The highest BCUT2D eigenvalue weighted by molar-refractivity contribution is 5.79. The van der Waals surface area contributed by atoms with Crippen LogP contribution in [0.2, 0.25) is 0 Å². The van der Waals surface area contributed by atoms with Gasteiger partial charge >= 0.3 is 0 Å². The van der Waals surface area contributed by atoms with Crippen LogP contribution in [-0.2, 0) is 6.42 Å². The zero-order chi connectivity index (χ0) is 14.7. The number of fused-ring (bicyclic) bond motifs is 1. The molecule has 0 spiro atoms. The molecule has 106 valence electrons. The third kappa shape index (κ3) is 2.85. The quantitative estimate of drug-likeness (QED) is 0.770. The van der Waals surface area contributed by atoms with Crippen molar-refractivity contribution in [3.05, 3.63) is 66.0 Å². The lowest BCUT2D eigenvalue weighted by molar-refractivity contribution is 0.592. The topological polar surface area (TPSA) is 63.8 Å². The third-order valence-corrected chi connectivity index (χ3v) is 3.73. The number of rotatable bonds is 4. The van der Waals surface area contributed by atoms with E-state index in [1.165, 1.54) is 5.56 Å². The Hall–Kier alpha value is -2.46. The molecule has 4 heteroatoms. The van der Waals surface area contributed by atoms with E-state index in [1.807, 2.05) is 31.4 Å². The van der Waals surface area contributed by atoms with Crippen LogP contribution in [0.4, 0.5) is 5.82 Å². The highest BCUT2D eigenvalue weighted by atomic mass is 14.9. The fourth-order valence-electron chi connectivity index (χ4n) is 2.54. The summed E-state index contributed by atoms with van der Waals surface area (Å²) in [6.07, 6.45) is 4.34. The Kier molecular flexibility index (Phi) is 3.79. The van der Waals surface area contributed by atoms with Gasteiger partial charge in [0, 0.05) is 23.8 Å². The zero-order valence-corrected chi connectivity index (χ0v) is 12.0. The second-order valence-electron chi connectivity index (χ2n) is 5.05. The molecule has 0 amide bonds. The predicted octanol–water partition coefficient (Wildman–Crippen LogP) is 2.72. The molecule has 3 N–H and O–H groups in total. The van der Waals surface area contributed by atoms with Gasteiger partial charge in [0.15, 0.2) is 0 Å². The van der Waals surface area contributed by atoms with E-state index in [9.17, 15) is 0 Å². The number of anilines is 1. The van der Waals surface area contributed by atoms with Gasteiger partial charge in [-0.05, 0) is 48.9 Å². The van der Waals surface area contributed by atoms with E-state index >= 15 is 0 Å². The number of hydrogen-bond acceptors (Lipinski definition) is 4. The SMILES string of the molecule is CNC(Cc1cccnc1N)c1ccc2ncccc2c1. The van der Waals surface area contributed by atoms with Crippen molar-refractivity contribution in [2.75, 3.05) is 12.8 Å². The molecule has 1 atom stereocenters. The van der Waals surface area contributed by atoms with Crippen LogP contribution in [0.5, 0.6) is 0 Å². The predicted molar refractivity (Wildman–Crippen MR) is 85.9 cm³/mol. The summed E-state index contributed by atoms with van der Waals surface area (Å²) in [7, 11) is 1.96. The molecule has 0 fully saturated rings. The number of nitrogen functional groups attached to an aromatic ring is 1. The van der Waals surface area contributed by atoms with Crippen LogP contribution in [-0.4, -0.2) is 17.0 Å². The number of aromatic nitrogens is 2. The molecule has 0 aliphatic rings. The van der Waals surface area contributed by atoms with Crippen molar-refractivity contribution in [2.45, 2.75) is 12.5 Å². The number of likely N-dealkylation sites (N-methyl/N-ethyl adjacent to an activating group) is 1. The molecular weight excluding hydrogens is 260 g/mol. The zero-order valence-electron chi connectivity index (χ0n) is 12.0. The van der Waals surface area contributed by atoms with Crippen LogP contribution >= 0.6 is 0 Å². The smallest absolute Gasteiger partial charge is 0.126 e. The number of pyridine rings is 2. The standard InChI is InChI=1S/C17H18N4/c1-19-16(11-14-5-3-9-21-17(14)18)13-6-7-15-12(10-13)4-2-8-20-15/h2-10,16,19H,11H2,1H3,(H2,18,21). The minimum Gasteiger partial charge on any atom is -0.383 e. The molecule has 4 nitrogen and oxygen atoms in total. The lowest BCUT2D eigenvalue weighted by Crippen LogP contribution is -2.19. The highest BCUT2D eigenvalue weighted by Crippen LogP contribution is 2.23. The molecule has 0 radical (unpaired) electrons. The van der Waals surface area contributed by atoms with Crippen molar-refractivity contribution >= 4 is 16.7 Å². The van der Waals surface area contributed by atoms with Crippen LogP contribution in [0.3, 0.4) is 0 Å². The Morgan fingerprint density at radius 3 is 2.71 bits per heavy atom. The highest BCUT2D eigenvalue weighted by Gasteiger charge is 2.12. The average molecular weight is 278 g/mol. The van der Waals surface area contributed by atoms with Crippen LogP contribution in [0.25, 0.3) is 10.9 Å². The van der Waals surface area contributed by atoms with Gasteiger partial charge in [-0.3, -0.25) is 4.98 Å². The number of benzene rings is 1. The molecule has 0 aliphatic heterocycles. The van der Waals surface area contributed by atoms with Crippen LogP contribution in [0, 0.1) is 0 Å². The second kappa shape index (κ2) is 5.89. The Bertz CT molecular complexity index is 754. The van der Waals surface area contributed by atoms with Gasteiger partial charge in [0.25, 0.3) is 0 Å². The monoisotopic (exact) mass is 278 g/mol. The van der Waals surface area contributed by atoms with Crippen molar-refractivity contribution < 1.29 is 0 Å². The number of hydrogen-bond donors (Lipinski definition) is 2. The molecule has 3 aromatic rings. The average Bonchev–Trinajstić information content (AvgIpc) is 2.54. The van der Waals surface area contributed by atoms with Gasteiger partial charge in [0.05, 0.1) is 5.52 Å². The molecule has 0 saturated carbocycles. The molecule has 1 unspecified atom stereocenters. The van der Waals surface area contributed by atoms with E-state index in [4.69, 9.17) is 5.73 Å². The number of nitrogens with two attached hydrogens (primary N) is 1. The maximum Gasteiger partial charge on any atom is 0.126 e. The lowest BCUT2D eigenvalue weighted by Gasteiger charge is -2.18. The number of nitrogens with zero attached hydrogens (tertiary/aromatic N) is 2. The first kappa shape index (κ1) is 13.5. The van der Waals surface area contributed by atoms with Crippen molar-refractivity contribution in [3.63, 3.8) is 0 Å². The van der Waals surface area contributed by atoms with E-state index in [-0.39, 0.29) is 6.04 Å². The summed E-state index contributed by atoms with van der Waals surface area (Å²) in [6.45, 7) is 0. The molecular formula is C17H18N4. The minimum atomic E-state index is 0.195. The largest absolute Gasteiger partial charge is 0.383 e. The first-order valence-electron chi connectivity index (χ1n) is 6.99. The van der Waals surface area contributed by atoms with E-state index in [2.05, 4.69) is 39.6 Å². The first-order chi connectivity index (χ1) is 10.3. The first-order valence-corrected chi connectivity index (χ1v) is 6.99. The van der Waals surface area contributed by atoms with Gasteiger partial charge in [-0.25, -0.2) is 4.98 Å². The summed E-state index contributed by atoms with van der Waals surface area (Å²) >= 11 is 0. The molecule has 2 aromatic heterocycles. The van der Waals surface area contributed by atoms with Crippen molar-refractivity contribution in [1.29, 1.82) is 0 Å². The summed E-state index contributed by atoms with van der Waals surface area (Å²) < 4.78 is 0. The Morgan fingerprint density at radius 2 is 1.90 bits per heavy atom. The summed E-state index contributed by atoms with van der Waals surface area (Å²) in [5.74, 6) is 0.597. The fourth-order valence-corrected chi connectivity index (χ4v) is 2.54. The van der Waals surface area contributed by atoms with Gasteiger partial charge in [-0.15, -0.1) is 0 Å². The summed E-state index contributed by atoms with van der Waals surface area (Å²) in [4.78, 5) is 8.51. The summed E-state index contributed by atoms with van der Waals surface area (Å²) in [5.41, 5.74) is 9.24. The fraction of sp³-hybridized carbons (Fsp3) is 0.176. The van der Waals surface area contributed by atoms with Crippen LogP contribution in [0.15, 0.2) is 54.9 Å². The van der Waals surface area contributed by atoms with Gasteiger partial charge in [0.2, 0.25) is 0 Å². The molecule has 0 bridgehead atoms. The molecule has 0 saturated heterocycles. The molecule has 0 aliphatic carbocycles. The van der Waals surface area contributed by atoms with Gasteiger partial charge in [0.1, 0.15) is 5.82 Å². The Balaban J connectivity index is 1.93. The van der Waals surface area contributed by atoms with E-state index in [1.54, 1.807) is 6.20 Å². The maximum atomic E-state index is 5.94. The van der Waals surface area contributed by atoms with Gasteiger partial charge < -0.3 is 11.1 Å². The maximum absolute atomic E-state index is 5.94. The van der Waals surface area contributed by atoms with E-state index < -0.39 is 0 Å². The summed E-state index contributed by atoms with van der Waals surface area (Å²) in [6, 6.07) is 14.5. The van der Waals surface area contributed by atoms with Crippen molar-refractivity contribution in [1.82, 2.24) is 15.3 Å². The van der Waals surface area contributed by atoms with Crippen molar-refractivity contribution in [3.8, 4) is 0 Å². The minimum absolute atomic E-state index is 0.195. The van der Waals surface area contributed by atoms with E-state index in [0.717, 1.165) is 22.9 Å². The summed E-state index contributed by atoms with van der Waals surface area (Å²) in [5, 5.41) is 4.50. The molecule has 3 rings (SSSR count). The van der Waals surface area contributed by atoms with Gasteiger partial charge in [-0.2, -0.15) is 0 Å². The van der Waals surface area contributed by atoms with Gasteiger partial charge in [-0.1, -0.05) is 18.2 Å². The number of nitrogens with one attached hydrogen (secondary N) is 1.